The molecule has 1 aromatic carbocycles. The number of hydrogen-bond acceptors (Lipinski definition) is 2. The van der Waals surface area contributed by atoms with Crippen molar-refractivity contribution in [3.8, 4) is 0 Å². The highest BCUT2D eigenvalue weighted by molar-refractivity contribution is 7.99. The lowest BCUT2D eigenvalue weighted by Crippen LogP contribution is -2.27. The Labute approximate surface area is 114 Å². The molecule has 98 valence electrons. The lowest BCUT2D eigenvalue weighted by Gasteiger charge is -2.26. The lowest BCUT2D eigenvalue weighted by molar-refractivity contribution is 0.0788. The molecular formula is C16H22OS. The van der Waals surface area contributed by atoms with Crippen LogP contribution in [0.1, 0.15) is 50.0 Å². The monoisotopic (exact) mass is 262 g/mol. The highest BCUT2D eigenvalue weighted by Crippen LogP contribution is 2.44. The van der Waals surface area contributed by atoms with Gasteiger partial charge >= 0.3 is 0 Å². The molecule has 3 rings (SSSR count). The van der Waals surface area contributed by atoms with E-state index >= 15 is 0 Å². The summed E-state index contributed by atoms with van der Waals surface area (Å²) < 4.78 is 0. The zero-order chi connectivity index (χ0) is 12.4. The van der Waals surface area contributed by atoms with Crippen LogP contribution in [0.25, 0.3) is 0 Å². The summed E-state index contributed by atoms with van der Waals surface area (Å²) in [6.07, 6.45) is 7.67. The molecule has 1 saturated carbocycles. The summed E-state index contributed by atoms with van der Waals surface area (Å²) >= 11 is 1.91. The van der Waals surface area contributed by atoms with E-state index in [1.54, 1.807) is 0 Å². The van der Waals surface area contributed by atoms with Crippen LogP contribution >= 0.6 is 11.8 Å². The summed E-state index contributed by atoms with van der Waals surface area (Å²) in [6, 6.07) is 8.61. The Morgan fingerprint density at radius 1 is 1.06 bits per heavy atom. The van der Waals surface area contributed by atoms with Crippen molar-refractivity contribution in [3.05, 3.63) is 29.8 Å². The highest BCUT2D eigenvalue weighted by Gasteiger charge is 2.33. The maximum atomic E-state index is 10.7. The van der Waals surface area contributed by atoms with Crippen molar-refractivity contribution in [1.82, 2.24) is 0 Å². The Hall–Kier alpha value is -0.470. The minimum absolute atomic E-state index is 0.126. The van der Waals surface area contributed by atoms with Crippen molar-refractivity contribution in [2.24, 2.45) is 5.92 Å². The van der Waals surface area contributed by atoms with Crippen LogP contribution in [-0.4, -0.2) is 17.0 Å². The van der Waals surface area contributed by atoms with Crippen molar-refractivity contribution in [2.75, 3.05) is 5.75 Å². The Balaban J connectivity index is 1.75. The normalized spacial score (nSPS) is 26.6. The zero-order valence-electron chi connectivity index (χ0n) is 10.8. The fourth-order valence-electron chi connectivity index (χ4n) is 3.45. The van der Waals surface area contributed by atoms with E-state index in [2.05, 4.69) is 24.3 Å². The van der Waals surface area contributed by atoms with Gasteiger partial charge in [-0.15, -0.1) is 11.8 Å². The van der Waals surface area contributed by atoms with Gasteiger partial charge in [0.1, 0.15) is 0 Å². The molecular weight excluding hydrogens is 240 g/mol. The largest absolute Gasteiger partial charge is 0.392 e. The number of rotatable bonds is 2. The molecule has 0 saturated heterocycles. The summed E-state index contributed by atoms with van der Waals surface area (Å²) in [5, 5.41) is 10.7. The van der Waals surface area contributed by atoms with Crippen molar-refractivity contribution < 1.29 is 5.11 Å². The van der Waals surface area contributed by atoms with E-state index in [1.807, 2.05) is 11.8 Å². The molecule has 2 aliphatic rings. The average Bonchev–Trinajstić information content (AvgIpc) is 2.65. The summed E-state index contributed by atoms with van der Waals surface area (Å²) in [4.78, 5) is 1.38. The molecule has 2 unspecified atom stereocenters. The lowest BCUT2D eigenvalue weighted by atomic mass is 9.83. The zero-order valence-corrected chi connectivity index (χ0v) is 11.7. The summed E-state index contributed by atoms with van der Waals surface area (Å²) in [6.45, 7) is 0. The summed E-state index contributed by atoms with van der Waals surface area (Å²) in [7, 11) is 0. The van der Waals surface area contributed by atoms with Gasteiger partial charge < -0.3 is 5.11 Å². The van der Waals surface area contributed by atoms with Gasteiger partial charge in [0.15, 0.2) is 0 Å². The number of aliphatic hydroxyl groups excluding tert-OH is 1. The third kappa shape index (κ3) is 2.46. The minimum atomic E-state index is -0.126. The molecule has 1 heterocycles. The van der Waals surface area contributed by atoms with Gasteiger partial charge in [-0.2, -0.15) is 0 Å². The molecule has 1 aromatic rings. The first-order valence-electron chi connectivity index (χ1n) is 7.26. The molecule has 1 aliphatic heterocycles. The van der Waals surface area contributed by atoms with E-state index in [1.165, 1.54) is 49.0 Å². The van der Waals surface area contributed by atoms with E-state index in [0.717, 1.165) is 5.75 Å². The van der Waals surface area contributed by atoms with E-state index < -0.39 is 0 Å². The van der Waals surface area contributed by atoms with Crippen LogP contribution < -0.4 is 0 Å². The Morgan fingerprint density at radius 3 is 2.56 bits per heavy atom. The van der Waals surface area contributed by atoms with Crippen molar-refractivity contribution in [2.45, 2.75) is 55.4 Å². The first-order valence-corrected chi connectivity index (χ1v) is 8.24. The quantitative estimate of drug-likeness (QED) is 0.806. The van der Waals surface area contributed by atoms with Gasteiger partial charge in [-0.05, 0) is 30.4 Å². The molecule has 2 heteroatoms. The molecule has 0 aromatic heterocycles. The second-order valence-electron chi connectivity index (χ2n) is 5.70. The van der Waals surface area contributed by atoms with Gasteiger partial charge in [0.25, 0.3) is 0 Å². The number of thioether (sulfide) groups is 1. The van der Waals surface area contributed by atoms with Crippen LogP contribution in [0.4, 0.5) is 0 Å². The topological polar surface area (TPSA) is 20.2 Å². The number of hydrogen-bond donors (Lipinski definition) is 1. The predicted octanol–water partition coefficient (Wildman–Crippen LogP) is 4.21. The Morgan fingerprint density at radius 2 is 1.78 bits per heavy atom. The molecule has 1 aliphatic carbocycles. The molecule has 2 atom stereocenters. The van der Waals surface area contributed by atoms with Crippen molar-refractivity contribution in [3.63, 3.8) is 0 Å². The maximum absolute atomic E-state index is 10.7. The van der Waals surface area contributed by atoms with Crippen LogP contribution in [0, 0.1) is 5.92 Å². The van der Waals surface area contributed by atoms with Crippen LogP contribution in [0.5, 0.6) is 0 Å². The van der Waals surface area contributed by atoms with Crippen molar-refractivity contribution >= 4 is 11.8 Å². The molecule has 1 nitrogen and oxygen atoms in total. The molecule has 0 spiro atoms. The Kier molecular flexibility index (Phi) is 3.95. The smallest absolute Gasteiger partial charge is 0.0645 e. The van der Waals surface area contributed by atoms with Gasteiger partial charge in [-0.25, -0.2) is 0 Å². The van der Waals surface area contributed by atoms with Crippen LogP contribution in [-0.2, 0) is 0 Å². The Bertz CT molecular complexity index is 396. The molecule has 0 radical (unpaired) electrons. The second kappa shape index (κ2) is 5.66. The summed E-state index contributed by atoms with van der Waals surface area (Å²) in [5.41, 5.74) is 1.39. The van der Waals surface area contributed by atoms with Gasteiger partial charge in [0, 0.05) is 16.6 Å². The van der Waals surface area contributed by atoms with Gasteiger partial charge in [-0.1, -0.05) is 43.9 Å². The molecule has 18 heavy (non-hydrogen) atoms. The second-order valence-corrected chi connectivity index (χ2v) is 6.76. The SMILES string of the molecule is OC(C1CCCCCC1)C1CSc2ccccc21. The third-order valence-corrected chi connectivity index (χ3v) is 5.74. The van der Waals surface area contributed by atoms with E-state index in [-0.39, 0.29) is 6.10 Å². The fourth-order valence-corrected chi connectivity index (χ4v) is 4.75. The van der Waals surface area contributed by atoms with E-state index in [9.17, 15) is 5.11 Å². The molecule has 0 bridgehead atoms. The van der Waals surface area contributed by atoms with Crippen LogP contribution in [0.2, 0.25) is 0 Å². The van der Waals surface area contributed by atoms with Gasteiger partial charge in [0.05, 0.1) is 6.10 Å². The molecule has 1 fully saturated rings. The van der Waals surface area contributed by atoms with Gasteiger partial charge in [-0.3, -0.25) is 0 Å². The predicted molar refractivity (Wildman–Crippen MR) is 77.1 cm³/mol. The van der Waals surface area contributed by atoms with E-state index in [4.69, 9.17) is 0 Å². The maximum Gasteiger partial charge on any atom is 0.0645 e. The number of fused-ring (bicyclic) bond motifs is 1. The standard InChI is InChI=1S/C16H22OS/c17-16(12-7-3-1-2-4-8-12)14-11-18-15-10-6-5-9-13(14)15/h5-6,9-10,12,14,16-17H,1-4,7-8,11H2. The van der Waals surface area contributed by atoms with Crippen LogP contribution in [0.3, 0.4) is 0 Å². The van der Waals surface area contributed by atoms with Gasteiger partial charge in [0.2, 0.25) is 0 Å². The highest BCUT2D eigenvalue weighted by atomic mass is 32.2. The third-order valence-electron chi connectivity index (χ3n) is 4.53. The van der Waals surface area contributed by atoms with E-state index in [0.29, 0.717) is 11.8 Å². The first kappa shape index (κ1) is 12.6. The molecule has 0 amide bonds. The summed E-state index contributed by atoms with van der Waals surface area (Å²) in [5.74, 6) is 1.97. The average molecular weight is 262 g/mol. The fraction of sp³-hybridized carbons (Fsp3) is 0.625. The number of aliphatic hydroxyl groups is 1. The number of benzene rings is 1. The minimum Gasteiger partial charge on any atom is -0.392 e. The van der Waals surface area contributed by atoms with Crippen LogP contribution in [0.15, 0.2) is 29.2 Å². The first-order chi connectivity index (χ1) is 8.86. The van der Waals surface area contributed by atoms with Crippen molar-refractivity contribution in [1.29, 1.82) is 0 Å². The molecule has 1 N–H and O–H groups in total.